The van der Waals surface area contributed by atoms with Crippen LogP contribution in [0.4, 0.5) is 8.78 Å². The van der Waals surface area contributed by atoms with Crippen LogP contribution in [0.25, 0.3) is 22.6 Å². The quantitative estimate of drug-likeness (QED) is 0.450. The van der Waals surface area contributed by atoms with Crippen LogP contribution in [0.1, 0.15) is 17.1 Å². The molecule has 0 amide bonds. The summed E-state index contributed by atoms with van der Waals surface area (Å²) in [6.45, 7) is 0.826. The third-order valence-electron chi connectivity index (χ3n) is 4.74. The minimum atomic E-state index is -0.931. The first-order chi connectivity index (χ1) is 14.6. The fraction of sp³-hybridized carbons (Fsp3) is 0.0952. The van der Waals surface area contributed by atoms with Crippen molar-refractivity contribution in [2.24, 2.45) is 5.10 Å². The van der Waals surface area contributed by atoms with Crippen molar-refractivity contribution in [1.82, 2.24) is 20.1 Å². The van der Waals surface area contributed by atoms with E-state index in [0.29, 0.717) is 24.5 Å². The summed E-state index contributed by atoms with van der Waals surface area (Å²) in [5.74, 6) is -0.921. The van der Waals surface area contributed by atoms with E-state index in [1.54, 1.807) is 11.2 Å². The van der Waals surface area contributed by atoms with E-state index in [-0.39, 0.29) is 11.4 Å². The van der Waals surface area contributed by atoms with Crippen molar-refractivity contribution in [3.8, 4) is 22.6 Å². The summed E-state index contributed by atoms with van der Waals surface area (Å²) in [7, 11) is 0. The van der Waals surface area contributed by atoms with Gasteiger partial charge in [0.2, 0.25) is 0 Å². The smallest absolute Gasteiger partial charge is 0.169 e. The lowest BCUT2D eigenvalue weighted by Gasteiger charge is -2.19. The molecule has 0 radical (unpaired) electrons. The van der Waals surface area contributed by atoms with Crippen LogP contribution in [0.2, 0.25) is 0 Å². The first-order valence-electron chi connectivity index (χ1n) is 9.10. The van der Waals surface area contributed by atoms with Crippen LogP contribution in [0.3, 0.4) is 0 Å². The Balaban J connectivity index is 1.33. The van der Waals surface area contributed by atoms with Crippen LogP contribution < -0.4 is 0 Å². The fourth-order valence-electron chi connectivity index (χ4n) is 3.24. The van der Waals surface area contributed by atoms with Gasteiger partial charge in [0, 0.05) is 16.1 Å². The summed E-state index contributed by atoms with van der Waals surface area (Å²) in [6.07, 6.45) is 1.59. The highest BCUT2D eigenvalue weighted by Crippen LogP contribution is 2.26. The molecule has 30 heavy (non-hydrogen) atoms. The molecule has 0 atom stereocenters. The number of H-pyrrole nitrogens is 1. The maximum atomic E-state index is 14.1. The molecule has 0 aliphatic carbocycles. The number of hydrogen-bond donors (Lipinski definition) is 1. The van der Waals surface area contributed by atoms with Gasteiger partial charge in [0.15, 0.2) is 17.4 Å². The summed E-state index contributed by atoms with van der Waals surface area (Å²) in [6, 6.07) is 13.7. The van der Waals surface area contributed by atoms with E-state index in [1.165, 1.54) is 12.1 Å². The molecule has 3 heterocycles. The van der Waals surface area contributed by atoms with Crippen molar-refractivity contribution in [2.45, 2.75) is 13.1 Å². The molecule has 2 aromatic carbocycles. The maximum absolute atomic E-state index is 14.1. The largest absolute Gasteiger partial charge is 0.359 e. The normalized spacial score (nSPS) is 13.0. The third kappa shape index (κ3) is 3.52. The van der Waals surface area contributed by atoms with Gasteiger partial charge in [-0.2, -0.15) is 5.10 Å². The van der Waals surface area contributed by atoms with Gasteiger partial charge >= 0.3 is 0 Å². The van der Waals surface area contributed by atoms with Crippen molar-refractivity contribution in [2.75, 3.05) is 0 Å². The first kappa shape index (κ1) is 18.7. The molecule has 0 spiro atoms. The highest BCUT2D eigenvalue weighted by Gasteiger charge is 2.21. The van der Waals surface area contributed by atoms with Crippen molar-refractivity contribution in [3.05, 3.63) is 81.8 Å². The van der Waals surface area contributed by atoms with Crippen molar-refractivity contribution < 1.29 is 13.3 Å². The lowest BCUT2D eigenvalue weighted by atomic mass is 10.1. The number of halogens is 3. The average Bonchev–Trinajstić information content (AvgIpc) is 3.37. The molecular formula is C21H14BrF2N5O. The number of nitrogens with one attached hydrogen (secondary N) is 1. The van der Waals surface area contributed by atoms with Gasteiger partial charge in [-0.3, -0.25) is 5.01 Å². The molecule has 0 saturated heterocycles. The molecule has 1 aliphatic heterocycles. The first-order valence-corrected chi connectivity index (χ1v) is 9.90. The Kier molecular flexibility index (Phi) is 4.66. The van der Waals surface area contributed by atoms with Gasteiger partial charge in [-0.25, -0.2) is 13.8 Å². The van der Waals surface area contributed by atoms with E-state index in [2.05, 4.69) is 36.2 Å². The number of hydrazone groups is 1. The Hall–Kier alpha value is -3.33. The number of imidazole rings is 1. The Morgan fingerprint density at radius 2 is 1.97 bits per heavy atom. The zero-order valence-corrected chi connectivity index (χ0v) is 17.0. The van der Waals surface area contributed by atoms with Gasteiger partial charge < -0.3 is 9.51 Å². The van der Waals surface area contributed by atoms with Gasteiger partial charge in [0.25, 0.3) is 0 Å². The second-order valence-corrected chi connectivity index (χ2v) is 7.72. The highest BCUT2D eigenvalue weighted by molar-refractivity contribution is 9.10. The predicted octanol–water partition coefficient (Wildman–Crippen LogP) is 5.12. The molecule has 2 aromatic heterocycles. The number of aromatic amines is 1. The molecule has 150 valence electrons. The van der Waals surface area contributed by atoms with Crippen LogP contribution in [-0.4, -0.2) is 26.3 Å². The van der Waals surface area contributed by atoms with Crippen LogP contribution in [0.5, 0.6) is 0 Å². The average molecular weight is 470 g/mol. The third-order valence-corrected chi connectivity index (χ3v) is 5.27. The molecule has 1 N–H and O–H groups in total. The van der Waals surface area contributed by atoms with E-state index in [0.717, 1.165) is 27.5 Å². The van der Waals surface area contributed by atoms with Gasteiger partial charge in [-0.1, -0.05) is 39.3 Å². The number of hydrogen-bond acceptors (Lipinski definition) is 5. The minimum absolute atomic E-state index is 0.0822. The number of nitrogens with zero attached hydrogens (tertiary/aromatic N) is 4. The molecule has 0 bridgehead atoms. The topological polar surface area (TPSA) is 70.3 Å². The van der Waals surface area contributed by atoms with E-state index < -0.39 is 11.6 Å². The van der Waals surface area contributed by atoms with Gasteiger partial charge in [0.05, 0.1) is 30.6 Å². The SMILES string of the molecule is Fc1cccc(-c2nc3c([nH]2)CN(Cc2cc(-c4ccc(Br)cc4)no2)N=C3)c1F. The fourth-order valence-corrected chi connectivity index (χ4v) is 3.51. The Morgan fingerprint density at radius 3 is 2.80 bits per heavy atom. The number of benzene rings is 2. The summed E-state index contributed by atoms with van der Waals surface area (Å²) < 4.78 is 34.0. The Morgan fingerprint density at radius 1 is 1.13 bits per heavy atom. The summed E-state index contributed by atoms with van der Waals surface area (Å²) in [5, 5.41) is 10.3. The van der Waals surface area contributed by atoms with Gasteiger partial charge in [-0.15, -0.1) is 0 Å². The second kappa shape index (κ2) is 7.49. The van der Waals surface area contributed by atoms with Crippen LogP contribution >= 0.6 is 15.9 Å². The lowest BCUT2D eigenvalue weighted by Crippen LogP contribution is -2.21. The zero-order valence-electron chi connectivity index (χ0n) is 15.4. The Bertz CT molecular complexity index is 1250. The number of rotatable bonds is 4. The molecule has 6 nitrogen and oxygen atoms in total. The van der Waals surface area contributed by atoms with Gasteiger partial charge in [0.1, 0.15) is 17.2 Å². The molecule has 5 rings (SSSR count). The molecule has 9 heteroatoms. The van der Waals surface area contributed by atoms with E-state index >= 15 is 0 Å². The van der Waals surface area contributed by atoms with Crippen molar-refractivity contribution in [1.29, 1.82) is 0 Å². The Labute approximate surface area is 178 Å². The van der Waals surface area contributed by atoms with Gasteiger partial charge in [-0.05, 0) is 24.3 Å². The zero-order chi connectivity index (χ0) is 20.7. The molecule has 4 aromatic rings. The summed E-state index contributed by atoms with van der Waals surface area (Å²) in [4.78, 5) is 7.41. The lowest BCUT2D eigenvalue weighted by molar-refractivity contribution is 0.229. The predicted molar refractivity (Wildman–Crippen MR) is 110 cm³/mol. The monoisotopic (exact) mass is 469 g/mol. The van der Waals surface area contributed by atoms with Crippen LogP contribution in [0, 0.1) is 11.6 Å². The number of fused-ring (bicyclic) bond motifs is 1. The molecule has 0 saturated carbocycles. The maximum Gasteiger partial charge on any atom is 0.169 e. The highest BCUT2D eigenvalue weighted by atomic mass is 79.9. The minimum Gasteiger partial charge on any atom is -0.359 e. The van der Waals surface area contributed by atoms with Crippen molar-refractivity contribution >= 4 is 22.1 Å². The van der Waals surface area contributed by atoms with E-state index in [1.807, 2.05) is 30.3 Å². The second-order valence-electron chi connectivity index (χ2n) is 6.80. The van der Waals surface area contributed by atoms with Crippen molar-refractivity contribution in [3.63, 3.8) is 0 Å². The van der Waals surface area contributed by atoms with E-state index in [9.17, 15) is 8.78 Å². The molecule has 1 aliphatic rings. The molecule has 0 fully saturated rings. The van der Waals surface area contributed by atoms with Crippen LogP contribution in [-0.2, 0) is 13.1 Å². The molecular weight excluding hydrogens is 456 g/mol. The van der Waals surface area contributed by atoms with E-state index in [4.69, 9.17) is 4.52 Å². The summed E-state index contributed by atoms with van der Waals surface area (Å²) in [5.41, 5.74) is 3.13. The standard InChI is InChI=1S/C21H14BrF2N5O/c22-13-6-4-12(5-7-13)17-8-14(30-28-17)10-29-11-19-18(9-25-29)26-21(27-19)15-2-1-3-16(23)20(15)24/h1-9H,10-11H2,(H,26,27). The molecule has 0 unspecified atom stereocenters. The number of aromatic nitrogens is 3. The van der Waals surface area contributed by atoms with Crippen LogP contribution in [0.15, 0.2) is 62.6 Å². The summed E-state index contributed by atoms with van der Waals surface area (Å²) >= 11 is 3.41.